The Labute approximate surface area is 151 Å². The molecule has 0 bridgehead atoms. The average Bonchev–Trinajstić information content (AvgIpc) is 2.99. The Morgan fingerprint density at radius 3 is 2.32 bits per heavy atom. The molecule has 2 rings (SSSR count). The number of carboxylic acid groups (broad SMARTS) is 1. The first-order chi connectivity index (χ1) is 11.6. The summed E-state index contributed by atoms with van der Waals surface area (Å²) in [5, 5.41) is 15.9. The van der Waals surface area contributed by atoms with E-state index in [0.717, 1.165) is 18.7 Å². The number of hydrogen-bond donors (Lipinski definition) is 2. The first-order valence-corrected chi connectivity index (χ1v) is 7.67. The quantitative estimate of drug-likeness (QED) is 0.804. The van der Waals surface area contributed by atoms with Gasteiger partial charge in [-0.15, -0.1) is 0 Å². The van der Waals surface area contributed by atoms with Gasteiger partial charge in [0, 0.05) is 22.6 Å². The predicted molar refractivity (Wildman–Crippen MR) is 86.6 cm³/mol. The number of benzene rings is 1. The molecule has 0 fully saturated rings. The van der Waals surface area contributed by atoms with E-state index in [0.29, 0.717) is 10.0 Å². The number of carbonyl (C=O) groups is 1. The summed E-state index contributed by atoms with van der Waals surface area (Å²) in [6.07, 6.45) is -1.86. The molecule has 0 amide bonds. The number of rotatable bonds is 5. The van der Waals surface area contributed by atoms with Gasteiger partial charge in [-0.2, -0.15) is 18.3 Å². The molecule has 0 radical (unpaired) electrons. The molecule has 25 heavy (non-hydrogen) atoms. The van der Waals surface area contributed by atoms with Gasteiger partial charge in [-0.25, -0.2) is 9.78 Å². The monoisotopic (exact) mass is 398 g/mol. The van der Waals surface area contributed by atoms with Crippen LogP contribution in [0.25, 0.3) is 0 Å². The number of aliphatic carboxylic acids is 1. The highest BCUT2D eigenvalue weighted by Crippen LogP contribution is 2.23. The number of alkyl halides is 3. The van der Waals surface area contributed by atoms with Crippen molar-refractivity contribution in [3.63, 3.8) is 0 Å². The van der Waals surface area contributed by atoms with Crippen molar-refractivity contribution in [1.82, 2.24) is 20.1 Å². The zero-order valence-corrected chi connectivity index (χ0v) is 14.5. The van der Waals surface area contributed by atoms with Crippen molar-refractivity contribution >= 4 is 29.2 Å². The molecule has 0 spiro atoms. The third kappa shape index (κ3) is 8.19. The predicted octanol–water partition coefficient (Wildman–Crippen LogP) is 3.57. The molecular formula is C14H15Cl2F3N4O2. The maximum atomic E-state index is 10.6. The highest BCUT2D eigenvalue weighted by Gasteiger charge is 2.38. The lowest BCUT2D eigenvalue weighted by atomic mass is 10.1. The number of hydrogen-bond acceptors (Lipinski definition) is 4. The summed E-state index contributed by atoms with van der Waals surface area (Å²) < 4.78 is 33.5. The van der Waals surface area contributed by atoms with Gasteiger partial charge in [0.25, 0.3) is 0 Å². The second-order valence-electron chi connectivity index (χ2n) is 4.84. The normalized spacial score (nSPS) is 12.2. The van der Waals surface area contributed by atoms with Crippen LogP contribution in [0, 0.1) is 0 Å². The van der Waals surface area contributed by atoms with Crippen LogP contribution >= 0.6 is 23.2 Å². The lowest BCUT2D eigenvalue weighted by Crippen LogP contribution is -2.23. The molecule has 0 saturated carbocycles. The summed E-state index contributed by atoms with van der Waals surface area (Å²) in [6, 6.07) is 5.75. The number of aromatic nitrogens is 3. The summed E-state index contributed by atoms with van der Waals surface area (Å²) in [5.41, 5.74) is 1.08. The highest BCUT2D eigenvalue weighted by atomic mass is 35.5. The van der Waals surface area contributed by atoms with E-state index < -0.39 is 12.1 Å². The summed E-state index contributed by atoms with van der Waals surface area (Å²) >= 11 is 11.9. The van der Waals surface area contributed by atoms with Crippen LogP contribution in [-0.4, -0.2) is 38.6 Å². The van der Waals surface area contributed by atoms with Crippen molar-refractivity contribution in [2.75, 3.05) is 6.54 Å². The first-order valence-electron chi connectivity index (χ1n) is 6.91. The molecule has 1 aromatic heterocycles. The number of halogens is 5. The van der Waals surface area contributed by atoms with E-state index in [1.165, 1.54) is 6.33 Å². The van der Waals surface area contributed by atoms with Crippen molar-refractivity contribution in [2.45, 2.75) is 25.7 Å². The molecule has 1 atom stereocenters. The van der Waals surface area contributed by atoms with Crippen molar-refractivity contribution < 1.29 is 23.1 Å². The summed E-state index contributed by atoms with van der Waals surface area (Å²) in [5.74, 6) is -2.76. The van der Waals surface area contributed by atoms with Gasteiger partial charge < -0.3 is 10.4 Å². The molecule has 2 N–H and O–H groups in total. The third-order valence-corrected chi connectivity index (χ3v) is 3.32. The average molecular weight is 399 g/mol. The Kier molecular flexibility index (Phi) is 8.14. The molecule has 0 aliphatic rings. The Morgan fingerprint density at radius 2 is 1.88 bits per heavy atom. The summed E-state index contributed by atoms with van der Waals surface area (Å²) in [6.45, 7) is 3.65. The Morgan fingerprint density at radius 1 is 1.32 bits per heavy atom. The van der Waals surface area contributed by atoms with Gasteiger partial charge in [0.05, 0.1) is 6.54 Å². The molecule has 6 nitrogen and oxygen atoms in total. The number of nitrogens with one attached hydrogen (secondary N) is 1. The maximum Gasteiger partial charge on any atom is 0.490 e. The Balaban J connectivity index is 0.000000381. The third-order valence-electron chi connectivity index (χ3n) is 2.89. The van der Waals surface area contributed by atoms with Gasteiger partial charge in [-0.05, 0) is 30.7 Å². The minimum absolute atomic E-state index is 0.185. The van der Waals surface area contributed by atoms with Gasteiger partial charge >= 0.3 is 12.1 Å². The summed E-state index contributed by atoms with van der Waals surface area (Å²) in [4.78, 5) is 12.8. The minimum Gasteiger partial charge on any atom is -0.475 e. The zero-order chi connectivity index (χ0) is 19.0. The van der Waals surface area contributed by atoms with E-state index in [2.05, 4.69) is 22.3 Å². The van der Waals surface area contributed by atoms with Crippen molar-refractivity contribution in [3.8, 4) is 0 Å². The van der Waals surface area contributed by atoms with E-state index in [1.807, 2.05) is 12.1 Å². The molecule has 0 aliphatic heterocycles. The van der Waals surface area contributed by atoms with Gasteiger partial charge in [0.15, 0.2) is 0 Å². The van der Waals surface area contributed by atoms with Crippen LogP contribution in [0.5, 0.6) is 0 Å². The molecule has 1 unspecified atom stereocenters. The second-order valence-corrected chi connectivity index (χ2v) is 5.71. The van der Waals surface area contributed by atoms with Crippen LogP contribution in [0.1, 0.15) is 18.5 Å². The minimum atomic E-state index is -5.08. The van der Waals surface area contributed by atoms with Crippen molar-refractivity contribution in [1.29, 1.82) is 0 Å². The molecule has 2 aromatic rings. The molecule has 138 valence electrons. The van der Waals surface area contributed by atoms with Crippen LogP contribution in [0.4, 0.5) is 13.2 Å². The van der Waals surface area contributed by atoms with Gasteiger partial charge in [0.2, 0.25) is 0 Å². The van der Waals surface area contributed by atoms with Crippen molar-refractivity contribution in [3.05, 3.63) is 46.5 Å². The van der Waals surface area contributed by atoms with E-state index in [1.54, 1.807) is 17.1 Å². The van der Waals surface area contributed by atoms with Crippen molar-refractivity contribution in [2.24, 2.45) is 0 Å². The molecular weight excluding hydrogens is 384 g/mol. The van der Waals surface area contributed by atoms with Crippen LogP contribution in [0.15, 0.2) is 30.9 Å². The Hall–Kier alpha value is -1.84. The molecule has 0 saturated heterocycles. The number of nitrogens with zero attached hydrogens (tertiary/aromatic N) is 3. The topological polar surface area (TPSA) is 80.0 Å². The fourth-order valence-corrected chi connectivity index (χ4v) is 2.23. The SMILES string of the molecule is CC(NCCn1cncn1)c1cc(Cl)cc(Cl)c1.O=C(O)C(F)(F)F. The lowest BCUT2D eigenvalue weighted by molar-refractivity contribution is -0.192. The van der Waals surface area contributed by atoms with E-state index in [4.69, 9.17) is 33.1 Å². The second kappa shape index (κ2) is 9.59. The highest BCUT2D eigenvalue weighted by molar-refractivity contribution is 6.34. The lowest BCUT2D eigenvalue weighted by Gasteiger charge is -2.14. The molecule has 1 heterocycles. The number of carboxylic acids is 1. The molecule has 11 heteroatoms. The standard InChI is InChI=1S/C12H14Cl2N4.C2HF3O2/c1-9(10-4-11(13)6-12(14)5-10)16-2-3-18-8-15-7-17-18;3-2(4,5)1(6)7/h4-9,16H,2-3H2,1H3;(H,6,7). The fourth-order valence-electron chi connectivity index (χ4n) is 1.69. The van der Waals surface area contributed by atoms with E-state index >= 15 is 0 Å². The zero-order valence-electron chi connectivity index (χ0n) is 13.0. The summed E-state index contributed by atoms with van der Waals surface area (Å²) in [7, 11) is 0. The Bertz CT molecular complexity index is 661. The van der Waals surface area contributed by atoms with Crippen LogP contribution in [0.2, 0.25) is 10.0 Å². The molecule has 1 aromatic carbocycles. The van der Waals surface area contributed by atoms with Gasteiger partial charge in [-0.1, -0.05) is 23.2 Å². The van der Waals surface area contributed by atoms with E-state index in [-0.39, 0.29) is 6.04 Å². The van der Waals surface area contributed by atoms with Gasteiger partial charge in [0.1, 0.15) is 12.7 Å². The molecule has 0 aliphatic carbocycles. The smallest absolute Gasteiger partial charge is 0.475 e. The largest absolute Gasteiger partial charge is 0.490 e. The van der Waals surface area contributed by atoms with Crippen LogP contribution in [-0.2, 0) is 11.3 Å². The fraction of sp³-hybridized carbons (Fsp3) is 0.357. The van der Waals surface area contributed by atoms with E-state index in [9.17, 15) is 13.2 Å². The first kappa shape index (κ1) is 21.2. The van der Waals surface area contributed by atoms with Gasteiger partial charge in [-0.3, -0.25) is 4.68 Å². The van der Waals surface area contributed by atoms with Crippen LogP contribution < -0.4 is 5.32 Å². The maximum absolute atomic E-state index is 10.6. The van der Waals surface area contributed by atoms with Crippen LogP contribution in [0.3, 0.4) is 0 Å².